The lowest BCUT2D eigenvalue weighted by Crippen LogP contribution is -2.28. The topological polar surface area (TPSA) is 94.0 Å². The summed E-state index contributed by atoms with van der Waals surface area (Å²) >= 11 is 1.31. The molecule has 2 rings (SSSR count). The largest absolute Gasteiger partial charge is 0.397 e. The molecule has 6 heteroatoms. The van der Waals surface area contributed by atoms with Crippen LogP contribution in [0.25, 0.3) is 10.2 Å². The van der Waals surface area contributed by atoms with Crippen molar-refractivity contribution in [2.75, 3.05) is 18.8 Å². The monoisotopic (exact) mass is 250 g/mol. The third-order valence-corrected chi connectivity index (χ3v) is 3.59. The Morgan fingerprint density at radius 3 is 3.00 bits per heavy atom. The number of amides is 1. The zero-order valence-electron chi connectivity index (χ0n) is 9.49. The van der Waals surface area contributed by atoms with Crippen molar-refractivity contribution in [3.8, 4) is 0 Å². The molecule has 0 fully saturated rings. The maximum absolute atomic E-state index is 11.8. The van der Waals surface area contributed by atoms with Gasteiger partial charge in [0.05, 0.1) is 5.69 Å². The summed E-state index contributed by atoms with van der Waals surface area (Å²) in [5.41, 5.74) is 12.9. The molecule has 2 heterocycles. The van der Waals surface area contributed by atoms with Crippen LogP contribution >= 0.6 is 11.3 Å². The number of aryl methyl sites for hydroxylation is 1. The summed E-state index contributed by atoms with van der Waals surface area (Å²) in [7, 11) is 0. The zero-order chi connectivity index (χ0) is 12.4. The summed E-state index contributed by atoms with van der Waals surface area (Å²) < 4.78 is 0. The van der Waals surface area contributed by atoms with Crippen LogP contribution in [0.1, 0.15) is 15.2 Å². The fraction of sp³-hybridized carbons (Fsp3) is 0.273. The Hall–Kier alpha value is -1.66. The SMILES string of the molecule is Cc1ccnc2sc(C(=O)NCCN)c(N)c12. The zero-order valence-corrected chi connectivity index (χ0v) is 10.3. The molecule has 0 aliphatic carbocycles. The summed E-state index contributed by atoms with van der Waals surface area (Å²) in [6.07, 6.45) is 1.72. The van der Waals surface area contributed by atoms with Gasteiger partial charge in [-0.05, 0) is 18.6 Å². The van der Waals surface area contributed by atoms with Crippen molar-refractivity contribution in [1.29, 1.82) is 0 Å². The second-order valence-corrected chi connectivity index (χ2v) is 4.70. The molecule has 1 amide bonds. The lowest BCUT2D eigenvalue weighted by Gasteiger charge is -2.01. The van der Waals surface area contributed by atoms with Crippen LogP contribution in [0.5, 0.6) is 0 Å². The normalized spacial score (nSPS) is 10.7. The van der Waals surface area contributed by atoms with E-state index >= 15 is 0 Å². The third kappa shape index (κ3) is 2.09. The number of nitrogens with one attached hydrogen (secondary N) is 1. The van der Waals surface area contributed by atoms with Crippen LogP contribution in [-0.2, 0) is 0 Å². The van der Waals surface area contributed by atoms with Gasteiger partial charge in [0.2, 0.25) is 0 Å². The molecule has 0 aliphatic rings. The highest BCUT2D eigenvalue weighted by Crippen LogP contribution is 2.33. The van der Waals surface area contributed by atoms with Gasteiger partial charge in [0.25, 0.3) is 5.91 Å². The summed E-state index contributed by atoms with van der Waals surface area (Å²) in [5, 5.41) is 3.58. The van der Waals surface area contributed by atoms with Crippen LogP contribution in [0.4, 0.5) is 5.69 Å². The Bertz CT molecular complexity index is 564. The van der Waals surface area contributed by atoms with Gasteiger partial charge in [0, 0.05) is 24.7 Å². The van der Waals surface area contributed by atoms with Crippen LogP contribution in [0, 0.1) is 6.92 Å². The van der Waals surface area contributed by atoms with Gasteiger partial charge in [-0.15, -0.1) is 11.3 Å². The Morgan fingerprint density at radius 1 is 1.59 bits per heavy atom. The van der Waals surface area contributed by atoms with Crippen LogP contribution in [0.2, 0.25) is 0 Å². The first-order chi connectivity index (χ1) is 8.15. The van der Waals surface area contributed by atoms with Crippen molar-refractivity contribution in [3.05, 3.63) is 22.7 Å². The minimum absolute atomic E-state index is 0.185. The van der Waals surface area contributed by atoms with E-state index in [1.807, 2.05) is 13.0 Å². The van der Waals surface area contributed by atoms with Crippen molar-refractivity contribution >= 4 is 33.1 Å². The predicted molar refractivity (Wildman–Crippen MR) is 70.2 cm³/mol. The molecule has 0 atom stereocenters. The minimum atomic E-state index is -0.185. The number of hydrogen-bond acceptors (Lipinski definition) is 5. The molecule has 0 radical (unpaired) electrons. The van der Waals surface area contributed by atoms with E-state index in [-0.39, 0.29) is 5.91 Å². The van der Waals surface area contributed by atoms with E-state index in [1.165, 1.54) is 11.3 Å². The molecule has 2 aromatic heterocycles. The van der Waals surface area contributed by atoms with Gasteiger partial charge < -0.3 is 16.8 Å². The predicted octanol–water partition coefficient (Wildman–Crippen LogP) is 0.875. The summed E-state index contributed by atoms with van der Waals surface area (Å²) in [6, 6.07) is 1.88. The molecule has 0 bridgehead atoms. The molecular weight excluding hydrogens is 236 g/mol. The van der Waals surface area contributed by atoms with Crippen molar-refractivity contribution < 1.29 is 4.79 Å². The van der Waals surface area contributed by atoms with E-state index in [1.54, 1.807) is 6.20 Å². The number of fused-ring (bicyclic) bond motifs is 1. The molecule has 5 nitrogen and oxygen atoms in total. The standard InChI is InChI=1S/C11H14N4OS/c1-6-2-4-15-11-7(6)8(13)9(17-11)10(16)14-5-3-12/h2,4H,3,5,12-13H2,1H3,(H,14,16). The summed E-state index contributed by atoms with van der Waals surface area (Å²) in [5.74, 6) is -0.185. The Morgan fingerprint density at radius 2 is 2.35 bits per heavy atom. The Labute approximate surface area is 103 Å². The lowest BCUT2D eigenvalue weighted by atomic mass is 10.2. The lowest BCUT2D eigenvalue weighted by molar-refractivity contribution is 0.0959. The van der Waals surface area contributed by atoms with E-state index in [0.29, 0.717) is 23.7 Å². The van der Waals surface area contributed by atoms with Gasteiger partial charge in [0.15, 0.2) is 0 Å². The molecule has 0 aliphatic heterocycles. The number of carbonyl (C=O) groups is 1. The van der Waals surface area contributed by atoms with Crippen molar-refractivity contribution in [2.24, 2.45) is 5.73 Å². The molecular formula is C11H14N4OS. The molecule has 0 saturated heterocycles. The van der Waals surface area contributed by atoms with E-state index in [4.69, 9.17) is 11.5 Å². The molecule has 0 spiro atoms. The fourth-order valence-corrected chi connectivity index (χ4v) is 2.69. The van der Waals surface area contributed by atoms with Gasteiger partial charge >= 0.3 is 0 Å². The number of anilines is 1. The molecule has 2 aromatic rings. The summed E-state index contributed by atoms with van der Waals surface area (Å²) in [6.45, 7) is 2.81. The number of hydrogen-bond donors (Lipinski definition) is 3. The van der Waals surface area contributed by atoms with E-state index in [2.05, 4.69) is 10.3 Å². The highest BCUT2D eigenvalue weighted by atomic mass is 32.1. The maximum atomic E-state index is 11.8. The second-order valence-electron chi connectivity index (χ2n) is 3.70. The molecule has 5 N–H and O–H groups in total. The number of pyridine rings is 1. The average molecular weight is 250 g/mol. The summed E-state index contributed by atoms with van der Waals surface area (Å²) in [4.78, 5) is 17.4. The first-order valence-corrected chi connectivity index (χ1v) is 6.08. The quantitative estimate of drug-likeness (QED) is 0.753. The maximum Gasteiger partial charge on any atom is 0.263 e. The number of nitrogen functional groups attached to an aromatic ring is 1. The van der Waals surface area contributed by atoms with Crippen molar-refractivity contribution in [2.45, 2.75) is 6.92 Å². The van der Waals surface area contributed by atoms with Gasteiger partial charge in [-0.1, -0.05) is 0 Å². The number of rotatable bonds is 3. The Balaban J connectivity index is 2.46. The van der Waals surface area contributed by atoms with Gasteiger partial charge in [-0.2, -0.15) is 0 Å². The van der Waals surface area contributed by atoms with Crippen LogP contribution in [-0.4, -0.2) is 24.0 Å². The molecule has 0 aromatic carbocycles. The van der Waals surface area contributed by atoms with E-state index < -0.39 is 0 Å². The first-order valence-electron chi connectivity index (χ1n) is 5.27. The average Bonchev–Trinajstić information content (AvgIpc) is 2.65. The van der Waals surface area contributed by atoms with E-state index in [9.17, 15) is 4.79 Å². The Kier molecular flexibility index (Phi) is 3.26. The number of nitrogens with zero attached hydrogens (tertiary/aromatic N) is 1. The highest BCUT2D eigenvalue weighted by Gasteiger charge is 2.17. The van der Waals surface area contributed by atoms with Crippen molar-refractivity contribution in [3.63, 3.8) is 0 Å². The van der Waals surface area contributed by atoms with Crippen LogP contribution in [0.15, 0.2) is 12.3 Å². The highest BCUT2D eigenvalue weighted by molar-refractivity contribution is 7.21. The van der Waals surface area contributed by atoms with Gasteiger partial charge in [0.1, 0.15) is 9.71 Å². The molecule has 0 saturated carbocycles. The number of carbonyl (C=O) groups excluding carboxylic acids is 1. The fourth-order valence-electron chi connectivity index (χ4n) is 1.64. The smallest absolute Gasteiger partial charge is 0.263 e. The number of nitrogens with two attached hydrogens (primary N) is 2. The molecule has 0 unspecified atom stereocenters. The van der Waals surface area contributed by atoms with Crippen LogP contribution < -0.4 is 16.8 Å². The molecule has 17 heavy (non-hydrogen) atoms. The van der Waals surface area contributed by atoms with Crippen LogP contribution in [0.3, 0.4) is 0 Å². The van der Waals surface area contributed by atoms with Crippen molar-refractivity contribution in [1.82, 2.24) is 10.3 Å². The van der Waals surface area contributed by atoms with Gasteiger partial charge in [-0.3, -0.25) is 4.79 Å². The number of thiophene rings is 1. The van der Waals surface area contributed by atoms with E-state index in [0.717, 1.165) is 15.8 Å². The molecule has 90 valence electrons. The first kappa shape index (κ1) is 11.8. The second kappa shape index (κ2) is 4.68. The number of aromatic nitrogens is 1. The van der Waals surface area contributed by atoms with Gasteiger partial charge in [-0.25, -0.2) is 4.98 Å². The minimum Gasteiger partial charge on any atom is -0.397 e. The third-order valence-electron chi connectivity index (χ3n) is 2.47.